The number of benzene rings is 1. The van der Waals surface area contributed by atoms with Crippen molar-refractivity contribution in [1.82, 2.24) is 0 Å². The van der Waals surface area contributed by atoms with Crippen LogP contribution < -0.4 is 0 Å². The molecule has 0 spiro atoms. The average Bonchev–Trinajstić information content (AvgIpc) is 2.92. The van der Waals surface area contributed by atoms with Gasteiger partial charge < -0.3 is 9.94 Å². The lowest BCUT2D eigenvalue weighted by Gasteiger charge is -2.43. The van der Waals surface area contributed by atoms with Gasteiger partial charge in [-0.25, -0.2) is 0 Å². The summed E-state index contributed by atoms with van der Waals surface area (Å²) < 4.78 is 0. The monoisotopic (exact) mass is 331 g/mol. The average molecular weight is 332 g/mol. The Morgan fingerprint density at radius 1 is 1.30 bits per heavy atom. The van der Waals surface area contributed by atoms with Gasteiger partial charge in [-0.15, -0.1) is 6.58 Å². The summed E-state index contributed by atoms with van der Waals surface area (Å²) in [4.78, 5) is 5.85. The highest BCUT2D eigenvalue weighted by Gasteiger charge is 2.54. The molecule has 0 bridgehead atoms. The first-order valence-electron chi connectivity index (χ1n) is 8.47. The van der Waals surface area contributed by atoms with E-state index < -0.39 is 13.3 Å². The van der Waals surface area contributed by atoms with Crippen molar-refractivity contribution in [2.45, 2.75) is 57.2 Å². The van der Waals surface area contributed by atoms with Crippen LogP contribution in [0.15, 0.2) is 48.1 Å². The fourth-order valence-corrected chi connectivity index (χ4v) is 5.23. The molecule has 1 heterocycles. The highest BCUT2D eigenvalue weighted by atomic mass is 28.3. The molecule has 0 saturated heterocycles. The first kappa shape index (κ1) is 18.0. The van der Waals surface area contributed by atoms with E-state index in [-0.39, 0.29) is 12.0 Å². The molecule has 0 unspecified atom stereocenters. The zero-order valence-electron chi connectivity index (χ0n) is 14.7. The molecule has 0 aliphatic carbocycles. The molecular formula is C19H29NO2Si. The molecular weight excluding hydrogens is 302 g/mol. The second kappa shape index (κ2) is 7.01. The van der Waals surface area contributed by atoms with E-state index in [1.807, 2.05) is 24.3 Å². The minimum atomic E-state index is -1.91. The van der Waals surface area contributed by atoms with Crippen LogP contribution in [0, 0.1) is 5.92 Å². The maximum atomic E-state index is 11.5. The quantitative estimate of drug-likeness (QED) is 0.595. The van der Waals surface area contributed by atoms with Crippen molar-refractivity contribution in [3.8, 4) is 0 Å². The fraction of sp³-hybridized carbons (Fsp3) is 0.526. The molecule has 1 N–H and O–H groups in total. The lowest BCUT2D eigenvalue weighted by atomic mass is 9.85. The van der Waals surface area contributed by atoms with Gasteiger partial charge in [0, 0.05) is 5.92 Å². The molecule has 4 heteroatoms. The van der Waals surface area contributed by atoms with Gasteiger partial charge in [0.25, 0.3) is 0 Å². The van der Waals surface area contributed by atoms with E-state index in [0.29, 0.717) is 6.42 Å². The van der Waals surface area contributed by atoms with Crippen molar-refractivity contribution in [1.29, 1.82) is 0 Å². The molecule has 0 radical (unpaired) electrons. The summed E-state index contributed by atoms with van der Waals surface area (Å²) >= 11 is 0. The Morgan fingerprint density at radius 2 is 1.96 bits per heavy atom. The number of hydrogen-bond acceptors (Lipinski definition) is 3. The maximum absolute atomic E-state index is 11.5. The van der Waals surface area contributed by atoms with Gasteiger partial charge >= 0.3 is 0 Å². The molecule has 1 aliphatic rings. The first-order valence-corrected chi connectivity index (χ1v) is 12.0. The van der Waals surface area contributed by atoms with Crippen molar-refractivity contribution in [2.24, 2.45) is 11.1 Å². The van der Waals surface area contributed by atoms with E-state index in [1.165, 1.54) is 0 Å². The van der Waals surface area contributed by atoms with Crippen molar-refractivity contribution in [3.05, 3.63) is 48.6 Å². The van der Waals surface area contributed by atoms with Crippen LogP contribution in [0.5, 0.6) is 0 Å². The zero-order valence-corrected chi connectivity index (χ0v) is 15.7. The van der Waals surface area contributed by atoms with Crippen LogP contribution in [-0.2, 0) is 4.84 Å². The van der Waals surface area contributed by atoms with Gasteiger partial charge in [-0.3, -0.25) is 0 Å². The predicted octanol–water partition coefficient (Wildman–Crippen LogP) is 4.39. The number of aliphatic hydroxyl groups is 1. The molecule has 126 valence electrons. The van der Waals surface area contributed by atoms with Gasteiger partial charge in [0.1, 0.15) is 0 Å². The highest BCUT2D eigenvalue weighted by Crippen LogP contribution is 2.40. The molecule has 0 saturated carbocycles. The Kier molecular flexibility index (Phi) is 5.47. The minimum absolute atomic E-state index is 0.124. The van der Waals surface area contributed by atoms with Gasteiger partial charge in [-0.05, 0) is 18.4 Å². The van der Waals surface area contributed by atoms with Crippen molar-refractivity contribution in [2.75, 3.05) is 0 Å². The van der Waals surface area contributed by atoms with E-state index in [9.17, 15) is 5.11 Å². The van der Waals surface area contributed by atoms with Gasteiger partial charge in [0.2, 0.25) is 0 Å². The smallest absolute Gasteiger partial charge is 0.161 e. The normalized spacial score (nSPS) is 23.8. The molecule has 1 aromatic carbocycles. The van der Waals surface area contributed by atoms with Gasteiger partial charge in [0.05, 0.1) is 19.0 Å². The first-order chi connectivity index (χ1) is 10.8. The number of rotatable bonds is 7. The summed E-state index contributed by atoms with van der Waals surface area (Å²) in [6, 6.07) is 10.2. The third-order valence-corrected chi connectivity index (χ3v) is 7.96. The summed E-state index contributed by atoms with van der Waals surface area (Å²) in [5, 5.41) is 15.0. The zero-order chi connectivity index (χ0) is 17.1. The van der Waals surface area contributed by atoms with E-state index in [2.05, 4.69) is 50.4 Å². The van der Waals surface area contributed by atoms with Gasteiger partial charge in [-0.2, -0.15) is 0 Å². The lowest BCUT2D eigenvalue weighted by Crippen LogP contribution is -2.62. The Balaban J connectivity index is 2.39. The van der Waals surface area contributed by atoms with Crippen molar-refractivity contribution < 1.29 is 9.94 Å². The van der Waals surface area contributed by atoms with E-state index in [4.69, 9.17) is 4.84 Å². The Morgan fingerprint density at radius 3 is 2.48 bits per heavy atom. The molecule has 2 rings (SSSR count). The molecule has 3 atom stereocenters. The van der Waals surface area contributed by atoms with Gasteiger partial charge in [0.15, 0.2) is 6.10 Å². The van der Waals surface area contributed by atoms with E-state index in [0.717, 1.165) is 24.1 Å². The van der Waals surface area contributed by atoms with Crippen LogP contribution in [0.2, 0.25) is 19.6 Å². The molecule has 23 heavy (non-hydrogen) atoms. The fourth-order valence-electron chi connectivity index (χ4n) is 3.36. The Hall–Kier alpha value is -1.39. The summed E-state index contributed by atoms with van der Waals surface area (Å²) in [6.07, 6.45) is 4.06. The Labute approximate surface area is 141 Å². The topological polar surface area (TPSA) is 41.8 Å². The Bertz CT molecular complexity index is 564. The molecule has 1 aliphatic heterocycles. The van der Waals surface area contributed by atoms with Crippen LogP contribution >= 0.6 is 0 Å². The molecule has 0 fully saturated rings. The van der Waals surface area contributed by atoms with Crippen LogP contribution in [0.1, 0.15) is 31.7 Å². The molecule has 1 aromatic rings. The highest BCUT2D eigenvalue weighted by molar-refractivity contribution is 6.79. The van der Waals surface area contributed by atoms with Crippen LogP contribution in [0.25, 0.3) is 0 Å². The summed E-state index contributed by atoms with van der Waals surface area (Å²) in [7, 11) is -1.91. The molecule has 0 aromatic heterocycles. The third kappa shape index (κ3) is 3.43. The largest absolute Gasteiger partial charge is 0.389 e. The van der Waals surface area contributed by atoms with Crippen LogP contribution in [-0.4, -0.2) is 30.2 Å². The number of hydrogen-bond donors (Lipinski definition) is 1. The number of nitrogens with zero attached hydrogens (tertiary/aromatic N) is 1. The van der Waals surface area contributed by atoms with Crippen LogP contribution in [0.4, 0.5) is 0 Å². The predicted molar refractivity (Wildman–Crippen MR) is 99.4 cm³/mol. The molecule has 0 amide bonds. The third-order valence-electron chi connectivity index (χ3n) is 4.88. The summed E-state index contributed by atoms with van der Waals surface area (Å²) in [5.74, 6) is 0.124. The second-order valence-corrected chi connectivity index (χ2v) is 12.8. The standard InChI is InChI=1S/C19H29NO2Si/c1-6-11-16-17(15-12-9-8-10-13-15)20-22-18(16)19(21,14-7-2)23(3,4)5/h7-10,12-13,16,18,21H,2,6,11,14H2,1,3-5H3/t16-,18-,19-/m0/s1. The maximum Gasteiger partial charge on any atom is 0.161 e. The van der Waals surface area contributed by atoms with E-state index in [1.54, 1.807) is 0 Å². The SMILES string of the molecule is C=CC[C@@](O)([C@H]1ON=C(c2ccccc2)[C@@H]1CCC)[Si](C)(C)C. The van der Waals surface area contributed by atoms with Crippen LogP contribution in [0.3, 0.4) is 0 Å². The van der Waals surface area contributed by atoms with Crippen molar-refractivity contribution >= 4 is 13.8 Å². The lowest BCUT2D eigenvalue weighted by molar-refractivity contribution is -0.0670. The number of oxime groups is 1. The van der Waals surface area contributed by atoms with Crippen molar-refractivity contribution in [3.63, 3.8) is 0 Å². The van der Waals surface area contributed by atoms with E-state index >= 15 is 0 Å². The molecule has 3 nitrogen and oxygen atoms in total. The summed E-state index contributed by atoms with van der Waals surface area (Å²) in [5.41, 5.74) is 2.06. The van der Waals surface area contributed by atoms with Gasteiger partial charge in [-0.1, -0.05) is 74.5 Å². The minimum Gasteiger partial charge on any atom is -0.389 e. The second-order valence-electron chi connectivity index (χ2n) is 7.43. The summed E-state index contributed by atoms with van der Waals surface area (Å²) in [6.45, 7) is 12.6.